The van der Waals surface area contributed by atoms with Crippen molar-refractivity contribution in [1.29, 1.82) is 0 Å². The van der Waals surface area contributed by atoms with Crippen molar-refractivity contribution >= 4 is 0 Å². The van der Waals surface area contributed by atoms with Crippen molar-refractivity contribution in [3.63, 3.8) is 0 Å². The summed E-state index contributed by atoms with van der Waals surface area (Å²) in [6.45, 7) is 3.69. The molecular weight excluding hydrogens is 104 g/mol. The zero-order chi connectivity index (χ0) is 6.24. The lowest BCUT2D eigenvalue weighted by Gasteiger charge is -1.90. The van der Waals surface area contributed by atoms with Crippen LogP contribution >= 0.6 is 0 Å². The Morgan fingerprint density at radius 1 is 0.875 bits per heavy atom. The monoisotopic (exact) mass is 114 g/mol. The quantitative estimate of drug-likeness (QED) is 0.242. The lowest BCUT2D eigenvalue weighted by molar-refractivity contribution is -0.195. The Balaban J connectivity index is 2.93. The minimum absolute atomic E-state index is 1.46. The van der Waals surface area contributed by atoms with Gasteiger partial charge in [-0.3, -0.25) is 9.78 Å². The molecule has 0 aliphatic carbocycles. The topological polar surface area (TPSA) is 18.5 Å². The van der Waals surface area contributed by atoms with Gasteiger partial charge in [0.15, 0.2) is 0 Å². The third kappa shape index (κ3) is 5.08. The Morgan fingerprint density at radius 2 is 1.25 bits per heavy atom. The van der Waals surface area contributed by atoms with E-state index in [-0.39, 0.29) is 0 Å². The van der Waals surface area contributed by atoms with E-state index in [4.69, 9.17) is 0 Å². The fourth-order valence-electron chi connectivity index (χ4n) is 0.175. The second-order valence-corrected chi connectivity index (χ2v) is 1.13. The summed E-state index contributed by atoms with van der Waals surface area (Å²) in [5.74, 6) is 0. The van der Waals surface area contributed by atoms with Gasteiger partial charge in [0.1, 0.15) is 12.5 Å². The van der Waals surface area contributed by atoms with Crippen LogP contribution in [0.15, 0.2) is 24.7 Å². The van der Waals surface area contributed by atoms with Gasteiger partial charge in [0.05, 0.1) is 0 Å². The maximum atomic E-state index is 4.46. The molecule has 2 nitrogen and oxygen atoms in total. The second-order valence-electron chi connectivity index (χ2n) is 1.13. The molecule has 0 amide bonds. The lowest BCUT2D eigenvalue weighted by atomic mass is 10.7. The van der Waals surface area contributed by atoms with Crippen LogP contribution in [-0.4, -0.2) is 0 Å². The Labute approximate surface area is 49.3 Å². The molecule has 0 spiro atoms. The van der Waals surface area contributed by atoms with E-state index in [0.717, 1.165) is 0 Å². The molecule has 0 bridgehead atoms. The molecule has 0 fully saturated rings. The van der Waals surface area contributed by atoms with E-state index in [9.17, 15) is 0 Å². The van der Waals surface area contributed by atoms with Crippen LogP contribution in [0.25, 0.3) is 0 Å². The lowest BCUT2D eigenvalue weighted by Crippen LogP contribution is -1.73. The summed E-state index contributed by atoms with van der Waals surface area (Å²) < 4.78 is 0. The summed E-state index contributed by atoms with van der Waals surface area (Å²) in [6.07, 6.45) is 6.40. The molecule has 0 unspecified atom stereocenters. The fraction of sp³-hybridized carbons (Fsp3) is 0.333. The van der Waals surface area contributed by atoms with Crippen molar-refractivity contribution in [3.8, 4) is 0 Å². The summed E-state index contributed by atoms with van der Waals surface area (Å²) >= 11 is 0. The van der Waals surface area contributed by atoms with E-state index in [0.29, 0.717) is 0 Å². The summed E-state index contributed by atoms with van der Waals surface area (Å²) in [5.41, 5.74) is 0. The van der Waals surface area contributed by atoms with Crippen molar-refractivity contribution in [1.82, 2.24) is 0 Å². The number of allylic oxidation sites excluding steroid dienone is 2. The molecule has 2 heteroatoms. The third-order valence-electron chi connectivity index (χ3n) is 0.439. The summed E-state index contributed by atoms with van der Waals surface area (Å²) in [7, 11) is 0. The van der Waals surface area contributed by atoms with Crippen LogP contribution in [0.3, 0.4) is 0 Å². The zero-order valence-corrected chi connectivity index (χ0v) is 5.13. The van der Waals surface area contributed by atoms with E-state index in [1.54, 1.807) is 12.2 Å². The predicted molar refractivity (Wildman–Crippen MR) is 31.8 cm³/mol. The first-order chi connectivity index (χ1) is 3.91. The van der Waals surface area contributed by atoms with Crippen molar-refractivity contribution in [2.24, 2.45) is 0 Å². The summed E-state index contributed by atoms with van der Waals surface area (Å²) in [4.78, 5) is 8.91. The molecule has 0 aliphatic rings. The molecule has 0 aromatic carbocycles. The Bertz CT molecular complexity index is 72.5. The highest BCUT2D eigenvalue weighted by molar-refractivity contribution is 4.65. The minimum Gasteiger partial charge on any atom is -0.299 e. The van der Waals surface area contributed by atoms with E-state index in [1.165, 1.54) is 12.5 Å². The van der Waals surface area contributed by atoms with Gasteiger partial charge >= 0.3 is 0 Å². The first kappa shape index (κ1) is 7.08. The molecule has 0 aromatic rings. The smallest absolute Gasteiger partial charge is 0.138 e. The van der Waals surface area contributed by atoms with Gasteiger partial charge in [-0.15, -0.1) is 0 Å². The number of hydrogen-bond donors (Lipinski definition) is 0. The predicted octanol–water partition coefficient (Wildman–Crippen LogP) is 2.00. The van der Waals surface area contributed by atoms with Crippen LogP contribution in [-0.2, 0) is 9.78 Å². The molecule has 0 saturated heterocycles. The molecule has 0 aromatic heterocycles. The van der Waals surface area contributed by atoms with Crippen LogP contribution in [0.1, 0.15) is 13.8 Å². The molecule has 0 heterocycles. The normalized spacial score (nSPS) is 10.8. The SMILES string of the molecule is CC=COOC=CC. The largest absolute Gasteiger partial charge is 0.299 e. The average Bonchev–Trinajstić information content (AvgIpc) is 1.81. The highest BCUT2D eigenvalue weighted by Crippen LogP contribution is 1.80. The summed E-state index contributed by atoms with van der Waals surface area (Å²) in [5, 5.41) is 0. The zero-order valence-electron chi connectivity index (χ0n) is 5.13. The Hall–Kier alpha value is -0.920. The summed E-state index contributed by atoms with van der Waals surface area (Å²) in [6, 6.07) is 0. The van der Waals surface area contributed by atoms with Crippen molar-refractivity contribution < 1.29 is 9.78 Å². The number of rotatable bonds is 3. The van der Waals surface area contributed by atoms with E-state index < -0.39 is 0 Å². The van der Waals surface area contributed by atoms with Crippen LogP contribution < -0.4 is 0 Å². The van der Waals surface area contributed by atoms with Crippen molar-refractivity contribution in [3.05, 3.63) is 24.7 Å². The maximum absolute atomic E-state index is 4.46. The van der Waals surface area contributed by atoms with E-state index in [2.05, 4.69) is 9.78 Å². The van der Waals surface area contributed by atoms with Gasteiger partial charge < -0.3 is 0 Å². The molecule has 0 aliphatic heterocycles. The van der Waals surface area contributed by atoms with Crippen molar-refractivity contribution in [2.75, 3.05) is 0 Å². The standard InChI is InChI=1S/C6H10O2/c1-3-5-7-8-6-4-2/h3-6H,1-2H3. The van der Waals surface area contributed by atoms with E-state index >= 15 is 0 Å². The Kier molecular flexibility index (Phi) is 5.38. The molecule has 8 heavy (non-hydrogen) atoms. The average molecular weight is 114 g/mol. The van der Waals surface area contributed by atoms with Gasteiger partial charge in [-0.25, -0.2) is 0 Å². The Morgan fingerprint density at radius 3 is 1.50 bits per heavy atom. The van der Waals surface area contributed by atoms with Gasteiger partial charge in [0.25, 0.3) is 0 Å². The van der Waals surface area contributed by atoms with Crippen LogP contribution in [0, 0.1) is 0 Å². The fourth-order valence-corrected chi connectivity index (χ4v) is 0.175. The maximum Gasteiger partial charge on any atom is 0.138 e. The van der Waals surface area contributed by atoms with Crippen molar-refractivity contribution in [2.45, 2.75) is 13.8 Å². The number of hydrogen-bond acceptors (Lipinski definition) is 2. The minimum atomic E-state index is 1.46. The molecule has 0 N–H and O–H groups in total. The molecule has 0 saturated carbocycles. The van der Waals surface area contributed by atoms with Gasteiger partial charge in [-0.1, -0.05) is 0 Å². The molecular formula is C6H10O2. The third-order valence-corrected chi connectivity index (χ3v) is 0.439. The van der Waals surface area contributed by atoms with Crippen LogP contribution in [0.5, 0.6) is 0 Å². The molecule has 0 rings (SSSR count). The van der Waals surface area contributed by atoms with Gasteiger partial charge in [-0.05, 0) is 26.0 Å². The van der Waals surface area contributed by atoms with Crippen LogP contribution in [0.2, 0.25) is 0 Å². The molecule has 0 radical (unpaired) electrons. The van der Waals surface area contributed by atoms with E-state index in [1.807, 2.05) is 13.8 Å². The second kappa shape index (κ2) is 6.08. The van der Waals surface area contributed by atoms with Gasteiger partial charge in [-0.2, -0.15) is 0 Å². The molecule has 46 valence electrons. The van der Waals surface area contributed by atoms with Crippen LogP contribution in [0.4, 0.5) is 0 Å². The highest BCUT2D eigenvalue weighted by Gasteiger charge is 1.65. The highest BCUT2D eigenvalue weighted by atomic mass is 17.2. The van der Waals surface area contributed by atoms with Gasteiger partial charge in [0, 0.05) is 0 Å². The molecule has 0 atom stereocenters. The first-order valence-corrected chi connectivity index (χ1v) is 2.46. The first-order valence-electron chi connectivity index (χ1n) is 2.46. The van der Waals surface area contributed by atoms with Gasteiger partial charge in [0.2, 0.25) is 0 Å².